The molecule has 0 radical (unpaired) electrons. The number of aryl methyl sites for hydroxylation is 1. The first-order valence-corrected chi connectivity index (χ1v) is 8.07. The summed E-state index contributed by atoms with van der Waals surface area (Å²) in [6.45, 7) is 6.46. The van der Waals surface area contributed by atoms with E-state index in [0.29, 0.717) is 24.2 Å². The molecule has 1 aromatic carbocycles. The second kappa shape index (κ2) is 6.52. The number of hydrogen-bond acceptors (Lipinski definition) is 3. The van der Waals surface area contributed by atoms with Crippen LogP contribution >= 0.6 is 23.8 Å². The van der Waals surface area contributed by atoms with Gasteiger partial charge in [-0.1, -0.05) is 50.6 Å². The summed E-state index contributed by atoms with van der Waals surface area (Å²) in [5, 5.41) is 14.9. The SMILES string of the molecule is CC(C)(C)C(O)(CCc1ccccc1Cl)Cn1[nH]cnc1=S. The first kappa shape index (κ1) is 17.2. The highest BCUT2D eigenvalue weighted by molar-refractivity contribution is 7.71. The summed E-state index contributed by atoms with van der Waals surface area (Å²) in [7, 11) is 0. The van der Waals surface area contributed by atoms with Gasteiger partial charge in [-0.05, 0) is 42.1 Å². The molecule has 0 fully saturated rings. The Labute approximate surface area is 141 Å². The molecule has 0 aliphatic heterocycles. The highest BCUT2D eigenvalue weighted by Crippen LogP contribution is 2.36. The Bertz CT molecular complexity index is 689. The molecule has 2 rings (SSSR count). The number of halogens is 1. The lowest BCUT2D eigenvalue weighted by Gasteiger charge is -2.40. The van der Waals surface area contributed by atoms with E-state index in [1.807, 2.05) is 45.0 Å². The Morgan fingerprint density at radius 2 is 2.00 bits per heavy atom. The summed E-state index contributed by atoms with van der Waals surface area (Å²) >= 11 is 11.4. The molecule has 0 bridgehead atoms. The molecule has 22 heavy (non-hydrogen) atoms. The van der Waals surface area contributed by atoms with E-state index in [0.717, 1.165) is 10.6 Å². The zero-order valence-electron chi connectivity index (χ0n) is 13.1. The molecule has 0 amide bonds. The number of rotatable bonds is 5. The quantitative estimate of drug-likeness (QED) is 0.809. The van der Waals surface area contributed by atoms with Crippen LogP contribution in [0.3, 0.4) is 0 Å². The predicted octanol–water partition coefficient (Wildman–Crippen LogP) is 4.00. The van der Waals surface area contributed by atoms with Gasteiger partial charge in [0.05, 0.1) is 12.1 Å². The number of aliphatic hydroxyl groups is 1. The van der Waals surface area contributed by atoms with Gasteiger partial charge >= 0.3 is 0 Å². The minimum Gasteiger partial charge on any atom is -0.387 e. The van der Waals surface area contributed by atoms with Gasteiger partial charge in [0.15, 0.2) is 0 Å². The molecule has 0 saturated heterocycles. The maximum Gasteiger partial charge on any atom is 0.215 e. The van der Waals surface area contributed by atoms with Gasteiger partial charge in [-0.25, -0.2) is 4.98 Å². The maximum absolute atomic E-state index is 11.2. The van der Waals surface area contributed by atoms with Gasteiger partial charge in [-0.15, -0.1) is 0 Å². The van der Waals surface area contributed by atoms with Gasteiger partial charge in [0.1, 0.15) is 6.33 Å². The molecule has 1 heterocycles. The van der Waals surface area contributed by atoms with E-state index in [9.17, 15) is 5.11 Å². The van der Waals surface area contributed by atoms with Crippen LogP contribution in [0.1, 0.15) is 32.8 Å². The normalized spacial score (nSPS) is 14.8. The number of hydrogen-bond donors (Lipinski definition) is 2. The third-order valence-electron chi connectivity index (χ3n) is 4.20. The number of nitrogens with zero attached hydrogens (tertiary/aromatic N) is 2. The molecule has 0 aliphatic rings. The lowest BCUT2D eigenvalue weighted by molar-refractivity contribution is -0.0798. The number of aromatic amines is 1. The molecule has 120 valence electrons. The Kier molecular flexibility index (Phi) is 5.10. The molecule has 2 N–H and O–H groups in total. The van der Waals surface area contributed by atoms with Crippen molar-refractivity contribution in [1.29, 1.82) is 0 Å². The lowest BCUT2D eigenvalue weighted by atomic mass is 9.73. The fourth-order valence-electron chi connectivity index (χ4n) is 2.39. The predicted molar refractivity (Wildman–Crippen MR) is 91.6 cm³/mol. The van der Waals surface area contributed by atoms with Crippen LogP contribution in [-0.2, 0) is 13.0 Å². The van der Waals surface area contributed by atoms with Gasteiger partial charge in [0.2, 0.25) is 4.77 Å². The van der Waals surface area contributed by atoms with Crippen molar-refractivity contribution in [2.75, 3.05) is 0 Å². The Morgan fingerprint density at radius 1 is 1.32 bits per heavy atom. The molecule has 1 atom stereocenters. The van der Waals surface area contributed by atoms with Crippen molar-refractivity contribution in [2.45, 2.75) is 45.8 Å². The van der Waals surface area contributed by atoms with E-state index < -0.39 is 5.60 Å². The zero-order chi connectivity index (χ0) is 16.4. The van der Waals surface area contributed by atoms with Gasteiger partial charge < -0.3 is 5.11 Å². The Hall–Kier alpha value is -1.17. The number of benzene rings is 1. The highest BCUT2D eigenvalue weighted by Gasteiger charge is 2.40. The number of aromatic nitrogens is 3. The standard InChI is InChI=1S/C16H22ClN3OS/c1-15(2,3)16(21,10-20-14(22)18-11-19-20)9-8-12-6-4-5-7-13(12)17/h4-7,11,21H,8-10H2,1-3H3,(H,18,19,22). The van der Waals surface area contributed by atoms with Crippen LogP contribution in [0.15, 0.2) is 30.6 Å². The summed E-state index contributed by atoms with van der Waals surface area (Å²) in [4.78, 5) is 4.01. The largest absolute Gasteiger partial charge is 0.387 e. The molecule has 4 nitrogen and oxygen atoms in total. The minimum atomic E-state index is -0.934. The van der Waals surface area contributed by atoms with Crippen molar-refractivity contribution >= 4 is 23.8 Å². The fraction of sp³-hybridized carbons (Fsp3) is 0.500. The first-order valence-electron chi connectivity index (χ1n) is 7.29. The topological polar surface area (TPSA) is 53.8 Å². The van der Waals surface area contributed by atoms with Crippen LogP contribution in [-0.4, -0.2) is 25.5 Å². The highest BCUT2D eigenvalue weighted by atomic mass is 35.5. The van der Waals surface area contributed by atoms with Crippen LogP contribution in [0.4, 0.5) is 0 Å². The van der Waals surface area contributed by atoms with Gasteiger partial charge in [0.25, 0.3) is 0 Å². The molecule has 6 heteroatoms. The van der Waals surface area contributed by atoms with Gasteiger partial charge in [-0.2, -0.15) is 0 Å². The zero-order valence-corrected chi connectivity index (χ0v) is 14.7. The van der Waals surface area contributed by atoms with E-state index in [1.54, 1.807) is 11.0 Å². The van der Waals surface area contributed by atoms with Crippen molar-refractivity contribution in [1.82, 2.24) is 14.8 Å². The summed E-state index contributed by atoms with van der Waals surface area (Å²) in [5.74, 6) is 0. The van der Waals surface area contributed by atoms with Gasteiger partial charge in [0, 0.05) is 5.02 Å². The number of nitrogens with one attached hydrogen (secondary N) is 1. The van der Waals surface area contributed by atoms with E-state index in [2.05, 4.69) is 10.1 Å². The Balaban J connectivity index is 2.21. The summed E-state index contributed by atoms with van der Waals surface area (Å²) < 4.78 is 2.15. The average Bonchev–Trinajstić information content (AvgIpc) is 2.82. The molecule has 2 aromatic rings. The number of H-pyrrole nitrogens is 1. The van der Waals surface area contributed by atoms with E-state index in [4.69, 9.17) is 23.8 Å². The van der Waals surface area contributed by atoms with Crippen molar-refractivity contribution in [3.05, 3.63) is 45.9 Å². The molecular weight excluding hydrogens is 318 g/mol. The summed E-state index contributed by atoms with van der Waals surface area (Å²) in [6, 6.07) is 7.74. The molecule has 0 saturated carbocycles. The van der Waals surface area contributed by atoms with Crippen LogP contribution in [0, 0.1) is 10.2 Å². The van der Waals surface area contributed by atoms with Crippen molar-refractivity contribution in [2.24, 2.45) is 5.41 Å². The van der Waals surface area contributed by atoms with E-state index >= 15 is 0 Å². The minimum absolute atomic E-state index is 0.311. The summed E-state index contributed by atoms with van der Waals surface area (Å²) in [6.07, 6.45) is 2.83. The third kappa shape index (κ3) is 3.77. The van der Waals surface area contributed by atoms with Gasteiger partial charge in [-0.3, -0.25) is 9.78 Å². The Morgan fingerprint density at radius 3 is 2.55 bits per heavy atom. The van der Waals surface area contributed by atoms with E-state index in [-0.39, 0.29) is 5.41 Å². The third-order valence-corrected chi connectivity index (χ3v) is 4.90. The van der Waals surface area contributed by atoms with Crippen LogP contribution < -0.4 is 0 Å². The smallest absolute Gasteiger partial charge is 0.215 e. The molecule has 0 spiro atoms. The summed E-state index contributed by atoms with van der Waals surface area (Å²) in [5.41, 5.74) is -0.203. The van der Waals surface area contributed by atoms with Crippen LogP contribution in [0.2, 0.25) is 5.02 Å². The average molecular weight is 340 g/mol. The van der Waals surface area contributed by atoms with Crippen molar-refractivity contribution in [3.8, 4) is 0 Å². The van der Waals surface area contributed by atoms with E-state index in [1.165, 1.54) is 0 Å². The van der Waals surface area contributed by atoms with Crippen LogP contribution in [0.5, 0.6) is 0 Å². The first-order chi connectivity index (χ1) is 10.2. The molecule has 0 aliphatic carbocycles. The lowest BCUT2D eigenvalue weighted by Crippen LogP contribution is -2.47. The molecule has 1 unspecified atom stereocenters. The maximum atomic E-state index is 11.2. The second-order valence-electron chi connectivity index (χ2n) is 6.63. The second-order valence-corrected chi connectivity index (χ2v) is 7.40. The van der Waals surface area contributed by atoms with Crippen molar-refractivity contribution < 1.29 is 5.11 Å². The van der Waals surface area contributed by atoms with Crippen molar-refractivity contribution in [3.63, 3.8) is 0 Å². The molecule has 1 aromatic heterocycles. The monoisotopic (exact) mass is 339 g/mol. The molecular formula is C16H22ClN3OS. The van der Waals surface area contributed by atoms with Crippen LogP contribution in [0.25, 0.3) is 0 Å². The fourth-order valence-corrected chi connectivity index (χ4v) is 2.79.